The molecule has 2 aliphatic heterocycles. The Labute approximate surface area is 258 Å². The average Bonchev–Trinajstić information content (AvgIpc) is 3.41. The van der Waals surface area contributed by atoms with Crippen molar-refractivity contribution in [1.29, 1.82) is 0 Å². The van der Waals surface area contributed by atoms with Crippen molar-refractivity contribution in [3.63, 3.8) is 0 Å². The minimum atomic E-state index is -0.741. The van der Waals surface area contributed by atoms with Crippen LogP contribution < -0.4 is 24.6 Å². The monoisotopic (exact) mass is 622 g/mol. The summed E-state index contributed by atoms with van der Waals surface area (Å²) >= 11 is 7.65. The third kappa shape index (κ3) is 5.72. The number of methoxy groups -OCH3 is 2. The van der Waals surface area contributed by atoms with Gasteiger partial charge in [0, 0.05) is 22.7 Å². The summed E-state index contributed by atoms with van der Waals surface area (Å²) in [5, 5.41) is 4.92. The highest BCUT2D eigenvalue weighted by atomic mass is 35.5. The molecule has 0 unspecified atom stereocenters. The number of nitrogens with one attached hydrogen (secondary N) is 1. The van der Waals surface area contributed by atoms with Gasteiger partial charge in [-0.1, -0.05) is 17.7 Å². The first-order valence-electron chi connectivity index (χ1n) is 14.0. The number of anilines is 5. The standard InChI is InChI=1S/C31H32ClFN6O3S/c1-37-12-10-19(11-13-37)20-4-9-25(26(14-20)42-3)35-30-34-16-22-17-38(27-21(15-33)18-43-28(27)32)31(40)39(29(22)36-30)23-5-7-24(41-2)8-6-23/h4-9,14,16,18-19H,10-13,15,17H2,1-3H3,(H,34,35,36). The maximum Gasteiger partial charge on any atom is 0.335 e. The number of likely N-dealkylation sites (tertiary alicyclic amines) is 1. The molecule has 43 heavy (non-hydrogen) atoms. The van der Waals surface area contributed by atoms with Crippen LogP contribution in [0.3, 0.4) is 0 Å². The Hall–Kier alpha value is -3.93. The average molecular weight is 623 g/mol. The van der Waals surface area contributed by atoms with E-state index in [1.54, 1.807) is 50.1 Å². The number of piperidine rings is 1. The van der Waals surface area contributed by atoms with E-state index in [2.05, 4.69) is 34.4 Å². The van der Waals surface area contributed by atoms with Gasteiger partial charge < -0.3 is 19.7 Å². The van der Waals surface area contributed by atoms with Gasteiger partial charge >= 0.3 is 6.03 Å². The quantitative estimate of drug-likeness (QED) is 0.218. The van der Waals surface area contributed by atoms with Crippen LogP contribution in [-0.4, -0.2) is 55.3 Å². The number of ether oxygens (including phenoxy) is 2. The molecule has 2 amide bonds. The van der Waals surface area contributed by atoms with Crippen molar-refractivity contribution in [3.8, 4) is 11.5 Å². The summed E-state index contributed by atoms with van der Waals surface area (Å²) in [7, 11) is 5.38. The van der Waals surface area contributed by atoms with E-state index in [1.165, 1.54) is 26.7 Å². The van der Waals surface area contributed by atoms with E-state index in [9.17, 15) is 9.18 Å². The molecule has 0 aliphatic carbocycles. The zero-order valence-corrected chi connectivity index (χ0v) is 25.7. The Balaban J connectivity index is 1.35. The first-order valence-corrected chi connectivity index (χ1v) is 15.2. The molecule has 1 fully saturated rings. The largest absolute Gasteiger partial charge is 0.497 e. The molecular formula is C31H32ClFN6O3S. The maximum atomic E-state index is 14.1. The van der Waals surface area contributed by atoms with Gasteiger partial charge in [-0.15, -0.1) is 11.3 Å². The minimum Gasteiger partial charge on any atom is -0.497 e. The molecule has 0 bridgehead atoms. The number of halogens is 2. The topological polar surface area (TPSA) is 83.1 Å². The lowest BCUT2D eigenvalue weighted by molar-refractivity contribution is 0.252. The van der Waals surface area contributed by atoms with Gasteiger partial charge in [-0.3, -0.25) is 4.90 Å². The van der Waals surface area contributed by atoms with Crippen molar-refractivity contribution in [3.05, 3.63) is 75.1 Å². The molecule has 1 saturated heterocycles. The molecule has 4 heterocycles. The van der Waals surface area contributed by atoms with Crippen molar-refractivity contribution >= 4 is 57.8 Å². The number of hydrogen-bond acceptors (Lipinski definition) is 8. The van der Waals surface area contributed by atoms with Crippen LogP contribution in [0.15, 0.2) is 54.0 Å². The van der Waals surface area contributed by atoms with Gasteiger partial charge in [-0.05, 0) is 80.9 Å². The van der Waals surface area contributed by atoms with Crippen molar-refractivity contribution in [2.45, 2.75) is 32.0 Å². The predicted molar refractivity (Wildman–Crippen MR) is 169 cm³/mol. The first-order chi connectivity index (χ1) is 20.9. The smallest absolute Gasteiger partial charge is 0.335 e. The lowest BCUT2D eigenvalue weighted by Gasteiger charge is -2.36. The molecule has 0 atom stereocenters. The summed E-state index contributed by atoms with van der Waals surface area (Å²) in [6.07, 6.45) is 3.89. The number of aromatic nitrogens is 2. The normalized spacial score (nSPS) is 15.9. The van der Waals surface area contributed by atoms with Gasteiger partial charge in [-0.25, -0.2) is 19.1 Å². The van der Waals surface area contributed by atoms with Gasteiger partial charge in [0.15, 0.2) is 5.82 Å². The Morgan fingerprint density at radius 2 is 1.88 bits per heavy atom. The molecule has 0 radical (unpaired) electrons. The number of hydrogen-bond donors (Lipinski definition) is 1. The summed E-state index contributed by atoms with van der Waals surface area (Å²) in [6, 6.07) is 12.9. The third-order valence-electron chi connectivity index (χ3n) is 8.01. The Bertz CT molecular complexity index is 1630. The van der Waals surface area contributed by atoms with Crippen molar-refractivity contribution < 1.29 is 18.7 Å². The van der Waals surface area contributed by atoms with Crippen molar-refractivity contribution in [2.24, 2.45) is 0 Å². The van der Waals surface area contributed by atoms with E-state index in [0.29, 0.717) is 56.0 Å². The lowest BCUT2D eigenvalue weighted by atomic mass is 9.89. The Kier molecular flexibility index (Phi) is 8.38. The second-order valence-electron chi connectivity index (χ2n) is 10.6. The predicted octanol–water partition coefficient (Wildman–Crippen LogP) is 7.51. The first kappa shape index (κ1) is 29.2. The van der Waals surface area contributed by atoms with Crippen LogP contribution in [0.1, 0.15) is 35.4 Å². The highest BCUT2D eigenvalue weighted by molar-refractivity contribution is 7.15. The molecule has 224 valence electrons. The number of alkyl halides is 1. The van der Waals surface area contributed by atoms with Crippen LogP contribution in [0.2, 0.25) is 4.34 Å². The van der Waals surface area contributed by atoms with E-state index in [1.807, 2.05) is 6.07 Å². The van der Waals surface area contributed by atoms with Crippen LogP contribution in [0.4, 0.5) is 38.0 Å². The fourth-order valence-corrected chi connectivity index (χ4v) is 6.74. The van der Waals surface area contributed by atoms with Crippen LogP contribution in [0, 0.1) is 0 Å². The second kappa shape index (κ2) is 12.4. The Morgan fingerprint density at radius 3 is 2.58 bits per heavy atom. The molecular weight excluding hydrogens is 591 g/mol. The van der Waals surface area contributed by atoms with E-state index in [0.717, 1.165) is 31.6 Å². The van der Waals surface area contributed by atoms with E-state index >= 15 is 0 Å². The molecule has 6 rings (SSSR count). The van der Waals surface area contributed by atoms with E-state index < -0.39 is 12.7 Å². The van der Waals surface area contributed by atoms with Gasteiger partial charge in [0.05, 0.1) is 37.8 Å². The van der Waals surface area contributed by atoms with E-state index in [-0.39, 0.29) is 6.54 Å². The minimum absolute atomic E-state index is 0.138. The number of nitrogens with zero attached hydrogens (tertiary/aromatic N) is 5. The molecule has 2 aromatic heterocycles. The molecule has 9 nitrogen and oxygen atoms in total. The zero-order valence-electron chi connectivity index (χ0n) is 24.1. The van der Waals surface area contributed by atoms with Gasteiger partial charge in [0.25, 0.3) is 0 Å². The summed E-state index contributed by atoms with van der Waals surface area (Å²) < 4.78 is 25.3. The maximum absolute atomic E-state index is 14.1. The van der Waals surface area contributed by atoms with Gasteiger partial charge in [0.1, 0.15) is 22.5 Å². The number of benzene rings is 2. The molecule has 0 spiro atoms. The molecule has 0 saturated carbocycles. The summed E-state index contributed by atoms with van der Waals surface area (Å²) in [6.45, 7) is 1.55. The SMILES string of the molecule is COc1ccc(N2C(=O)N(c3c(CF)csc3Cl)Cc3cnc(Nc4ccc(C5CCN(C)CC5)cc4OC)nc32)cc1. The molecule has 1 N–H and O–H groups in total. The number of rotatable bonds is 8. The number of urea groups is 1. The second-order valence-corrected chi connectivity index (χ2v) is 12.1. The van der Waals surface area contributed by atoms with Gasteiger partial charge in [-0.2, -0.15) is 4.98 Å². The van der Waals surface area contributed by atoms with E-state index in [4.69, 9.17) is 26.1 Å². The zero-order chi connectivity index (χ0) is 30.1. The number of carbonyl (C=O) groups excluding carboxylic acids is 1. The van der Waals surface area contributed by atoms with Crippen LogP contribution in [-0.2, 0) is 13.2 Å². The molecule has 2 aliphatic rings. The number of fused-ring (bicyclic) bond motifs is 1. The summed E-state index contributed by atoms with van der Waals surface area (Å²) in [5.74, 6) is 2.55. The lowest BCUT2D eigenvalue weighted by Crippen LogP contribution is -2.45. The summed E-state index contributed by atoms with van der Waals surface area (Å²) in [4.78, 5) is 28.8. The fourth-order valence-electron chi connectivity index (χ4n) is 5.61. The van der Waals surface area contributed by atoms with Crippen LogP contribution >= 0.6 is 22.9 Å². The Morgan fingerprint density at radius 1 is 1.12 bits per heavy atom. The molecule has 4 aromatic rings. The number of thiophene rings is 1. The molecule has 12 heteroatoms. The van der Waals surface area contributed by atoms with Crippen molar-refractivity contribution in [1.82, 2.24) is 14.9 Å². The van der Waals surface area contributed by atoms with Crippen LogP contribution in [0.5, 0.6) is 11.5 Å². The number of carbonyl (C=O) groups is 1. The molecule has 2 aromatic carbocycles. The van der Waals surface area contributed by atoms with Crippen LogP contribution in [0.25, 0.3) is 0 Å². The highest BCUT2D eigenvalue weighted by Crippen LogP contribution is 2.43. The highest BCUT2D eigenvalue weighted by Gasteiger charge is 2.37. The van der Waals surface area contributed by atoms with Crippen molar-refractivity contribution in [2.75, 3.05) is 49.5 Å². The summed E-state index contributed by atoms with van der Waals surface area (Å²) in [5.41, 5.74) is 3.93. The third-order valence-corrected chi connectivity index (χ3v) is 9.25. The van der Waals surface area contributed by atoms with Gasteiger partial charge in [0.2, 0.25) is 5.95 Å². The fraction of sp³-hybridized carbons (Fsp3) is 0.323. The number of amides is 2.